The van der Waals surface area contributed by atoms with E-state index in [1.807, 2.05) is 6.07 Å². The standard InChI is InChI=1S/C23H22N4O5S/c28-23(20-11-16-14-24-8-7-19(16)26-20)25-13-15-1-4-18(5-2-15)33(29,30)27-17-3-6-21-22(12-17)32-10-9-31-21/h1-8,12,14,20,26-27H,9-11,13H2,(H,25,28). The van der Waals surface area contributed by atoms with Crippen LogP contribution in [0.15, 0.2) is 65.8 Å². The van der Waals surface area contributed by atoms with Crippen LogP contribution in [0.25, 0.3) is 0 Å². The first-order valence-corrected chi connectivity index (χ1v) is 11.9. The van der Waals surface area contributed by atoms with E-state index in [1.54, 1.807) is 42.7 Å². The topological polar surface area (TPSA) is 119 Å². The second kappa shape index (κ2) is 8.62. The number of pyridine rings is 1. The van der Waals surface area contributed by atoms with Crippen LogP contribution < -0.4 is 24.8 Å². The molecule has 0 saturated carbocycles. The lowest BCUT2D eigenvalue weighted by Gasteiger charge is -2.19. The van der Waals surface area contributed by atoms with Gasteiger partial charge in [-0.05, 0) is 41.5 Å². The van der Waals surface area contributed by atoms with Crippen molar-refractivity contribution in [1.82, 2.24) is 10.3 Å². The summed E-state index contributed by atoms with van der Waals surface area (Å²) in [6.45, 7) is 1.18. The SMILES string of the molecule is O=C(NCc1ccc(S(=O)(=O)Nc2ccc3c(c2)OCCO3)cc1)C1Cc2cnccc2N1. The van der Waals surface area contributed by atoms with Gasteiger partial charge >= 0.3 is 0 Å². The number of nitrogens with one attached hydrogen (secondary N) is 3. The third-order valence-corrected chi connectivity index (χ3v) is 6.87. The summed E-state index contributed by atoms with van der Waals surface area (Å²) in [6.07, 6.45) is 4.02. The van der Waals surface area contributed by atoms with Crippen molar-refractivity contribution in [2.45, 2.75) is 23.9 Å². The van der Waals surface area contributed by atoms with E-state index >= 15 is 0 Å². The number of carbonyl (C=O) groups is 1. The number of carbonyl (C=O) groups excluding carboxylic acids is 1. The van der Waals surface area contributed by atoms with Gasteiger partial charge in [-0.2, -0.15) is 0 Å². The van der Waals surface area contributed by atoms with E-state index in [-0.39, 0.29) is 16.8 Å². The average molecular weight is 467 g/mol. The lowest BCUT2D eigenvalue weighted by atomic mass is 10.1. The highest BCUT2D eigenvalue weighted by molar-refractivity contribution is 7.92. The van der Waals surface area contributed by atoms with E-state index in [0.717, 1.165) is 16.8 Å². The Morgan fingerprint density at radius 2 is 1.85 bits per heavy atom. The molecule has 2 aliphatic heterocycles. The molecule has 3 heterocycles. The van der Waals surface area contributed by atoms with E-state index < -0.39 is 10.0 Å². The molecule has 1 atom stereocenters. The smallest absolute Gasteiger partial charge is 0.261 e. The highest BCUT2D eigenvalue weighted by atomic mass is 32.2. The van der Waals surface area contributed by atoms with Crippen LogP contribution >= 0.6 is 0 Å². The molecule has 0 fully saturated rings. The number of hydrogen-bond acceptors (Lipinski definition) is 7. The Balaban J connectivity index is 1.19. The summed E-state index contributed by atoms with van der Waals surface area (Å²) in [4.78, 5) is 16.7. The Morgan fingerprint density at radius 1 is 1.06 bits per heavy atom. The summed E-state index contributed by atoms with van der Waals surface area (Å²) in [5, 5.41) is 6.08. The summed E-state index contributed by atoms with van der Waals surface area (Å²) in [5.41, 5.74) is 3.11. The van der Waals surface area contributed by atoms with Crippen LogP contribution in [0.5, 0.6) is 11.5 Å². The van der Waals surface area contributed by atoms with Gasteiger partial charge in [-0.15, -0.1) is 0 Å². The number of amides is 1. The number of sulfonamides is 1. The van der Waals surface area contributed by atoms with Crippen molar-refractivity contribution in [3.8, 4) is 11.5 Å². The molecule has 5 rings (SSSR count). The molecule has 1 unspecified atom stereocenters. The van der Waals surface area contributed by atoms with Gasteiger partial charge in [0.25, 0.3) is 10.0 Å². The van der Waals surface area contributed by atoms with Gasteiger partial charge in [-0.25, -0.2) is 8.42 Å². The fourth-order valence-electron chi connectivity index (χ4n) is 3.77. The Morgan fingerprint density at radius 3 is 2.64 bits per heavy atom. The van der Waals surface area contributed by atoms with E-state index in [4.69, 9.17) is 9.47 Å². The minimum Gasteiger partial charge on any atom is -0.486 e. The Hall–Kier alpha value is -3.79. The zero-order chi connectivity index (χ0) is 22.8. The van der Waals surface area contributed by atoms with E-state index in [1.165, 1.54) is 12.1 Å². The Kier molecular flexibility index (Phi) is 5.51. The molecule has 0 radical (unpaired) electrons. The summed E-state index contributed by atoms with van der Waals surface area (Å²) in [6, 6.07) is 12.8. The molecule has 2 aromatic carbocycles. The summed E-state index contributed by atoms with van der Waals surface area (Å²) >= 11 is 0. The molecule has 0 bridgehead atoms. The zero-order valence-corrected chi connectivity index (χ0v) is 18.4. The number of fused-ring (bicyclic) bond motifs is 2. The van der Waals surface area contributed by atoms with Gasteiger partial charge in [0.2, 0.25) is 5.91 Å². The van der Waals surface area contributed by atoms with Crippen LogP contribution in [0.2, 0.25) is 0 Å². The van der Waals surface area contributed by atoms with Gasteiger partial charge in [0.1, 0.15) is 19.3 Å². The van der Waals surface area contributed by atoms with Crippen molar-refractivity contribution in [2.75, 3.05) is 23.3 Å². The molecule has 1 amide bonds. The highest BCUT2D eigenvalue weighted by Crippen LogP contribution is 2.33. The maximum atomic E-state index is 12.8. The van der Waals surface area contributed by atoms with Crippen LogP contribution in [0.3, 0.4) is 0 Å². The summed E-state index contributed by atoms with van der Waals surface area (Å²) in [5.74, 6) is 0.968. The molecule has 2 aliphatic rings. The predicted molar refractivity (Wildman–Crippen MR) is 122 cm³/mol. The van der Waals surface area contributed by atoms with Crippen molar-refractivity contribution in [2.24, 2.45) is 0 Å². The van der Waals surface area contributed by atoms with Crippen LogP contribution in [-0.4, -0.2) is 38.6 Å². The predicted octanol–water partition coefficient (Wildman–Crippen LogP) is 2.31. The van der Waals surface area contributed by atoms with Crippen LogP contribution in [0.4, 0.5) is 11.4 Å². The molecule has 170 valence electrons. The number of ether oxygens (including phenoxy) is 2. The fourth-order valence-corrected chi connectivity index (χ4v) is 4.82. The maximum Gasteiger partial charge on any atom is 0.261 e. The number of aromatic nitrogens is 1. The minimum absolute atomic E-state index is 0.118. The molecule has 9 nitrogen and oxygen atoms in total. The van der Waals surface area contributed by atoms with Gasteiger partial charge in [0.15, 0.2) is 11.5 Å². The number of nitrogens with zero attached hydrogens (tertiary/aromatic N) is 1. The molecule has 1 aromatic heterocycles. The van der Waals surface area contributed by atoms with Gasteiger partial charge in [-0.3, -0.25) is 14.5 Å². The molecule has 3 aromatic rings. The number of benzene rings is 2. The quantitative estimate of drug-likeness (QED) is 0.510. The Labute approximate surface area is 191 Å². The van der Waals surface area contributed by atoms with Crippen LogP contribution in [-0.2, 0) is 27.8 Å². The Bertz CT molecular complexity index is 1270. The van der Waals surface area contributed by atoms with E-state index in [0.29, 0.717) is 43.4 Å². The van der Waals surface area contributed by atoms with Gasteiger partial charge < -0.3 is 20.1 Å². The first-order valence-electron chi connectivity index (χ1n) is 10.5. The number of anilines is 2. The zero-order valence-electron chi connectivity index (χ0n) is 17.6. The molecule has 3 N–H and O–H groups in total. The van der Waals surface area contributed by atoms with Crippen LogP contribution in [0.1, 0.15) is 11.1 Å². The molecule has 33 heavy (non-hydrogen) atoms. The van der Waals surface area contributed by atoms with Gasteiger partial charge in [0.05, 0.1) is 10.6 Å². The monoisotopic (exact) mass is 466 g/mol. The molecule has 10 heteroatoms. The largest absolute Gasteiger partial charge is 0.486 e. The van der Waals surface area contributed by atoms with Crippen molar-refractivity contribution >= 4 is 27.3 Å². The van der Waals surface area contributed by atoms with Crippen molar-refractivity contribution < 1.29 is 22.7 Å². The fraction of sp³-hybridized carbons (Fsp3) is 0.217. The highest BCUT2D eigenvalue weighted by Gasteiger charge is 2.26. The first-order chi connectivity index (χ1) is 16.0. The third-order valence-electron chi connectivity index (χ3n) is 5.47. The lowest BCUT2D eigenvalue weighted by molar-refractivity contribution is -0.121. The molecule has 0 spiro atoms. The molecular weight excluding hydrogens is 444 g/mol. The normalized spacial score (nSPS) is 16.4. The third kappa shape index (κ3) is 4.56. The van der Waals surface area contributed by atoms with Gasteiger partial charge in [0, 0.05) is 37.1 Å². The number of rotatable bonds is 6. The van der Waals surface area contributed by atoms with E-state index in [9.17, 15) is 13.2 Å². The summed E-state index contributed by atoms with van der Waals surface area (Å²) in [7, 11) is -3.78. The first kappa shape index (κ1) is 21.1. The second-order valence-corrected chi connectivity index (χ2v) is 9.44. The average Bonchev–Trinajstić information content (AvgIpc) is 3.27. The maximum absolute atomic E-state index is 12.8. The van der Waals surface area contributed by atoms with Crippen molar-refractivity contribution in [1.29, 1.82) is 0 Å². The van der Waals surface area contributed by atoms with Crippen molar-refractivity contribution in [3.05, 3.63) is 72.1 Å². The van der Waals surface area contributed by atoms with Crippen LogP contribution in [0, 0.1) is 0 Å². The molecule has 0 aliphatic carbocycles. The lowest BCUT2D eigenvalue weighted by Crippen LogP contribution is -2.38. The van der Waals surface area contributed by atoms with Crippen molar-refractivity contribution in [3.63, 3.8) is 0 Å². The van der Waals surface area contributed by atoms with E-state index in [2.05, 4.69) is 20.3 Å². The summed E-state index contributed by atoms with van der Waals surface area (Å²) < 4.78 is 39.0. The molecule has 0 saturated heterocycles. The molecular formula is C23H22N4O5S. The van der Waals surface area contributed by atoms with Gasteiger partial charge in [-0.1, -0.05) is 12.1 Å². The second-order valence-electron chi connectivity index (χ2n) is 7.76. The number of hydrogen-bond donors (Lipinski definition) is 3. The minimum atomic E-state index is -3.78.